The molecule has 0 saturated heterocycles. The molecule has 0 fully saturated rings. The first-order chi connectivity index (χ1) is 6.72. The molecule has 0 radical (unpaired) electrons. The Morgan fingerprint density at radius 3 is 2.13 bits per heavy atom. The zero-order valence-corrected chi connectivity index (χ0v) is 10.1. The smallest absolute Gasteiger partial charge is 0.308 e. The molecule has 4 nitrogen and oxygen atoms in total. The summed E-state index contributed by atoms with van der Waals surface area (Å²) in [4.78, 5) is 22.4. The van der Waals surface area contributed by atoms with Crippen molar-refractivity contribution in [3.63, 3.8) is 0 Å². The first kappa shape index (κ1) is 13.9. The second-order valence-electron chi connectivity index (χ2n) is 4.63. The molecule has 0 spiro atoms. The average molecular weight is 215 g/mol. The molecule has 2 atom stereocenters. The molecular weight excluding hydrogens is 194 g/mol. The van der Waals surface area contributed by atoms with Crippen molar-refractivity contribution in [2.45, 2.75) is 47.1 Å². The van der Waals surface area contributed by atoms with E-state index in [0.717, 1.165) is 6.42 Å². The third kappa shape index (κ3) is 3.90. The first-order valence-electron chi connectivity index (χ1n) is 5.26. The molecule has 0 aromatic rings. The largest absolute Gasteiger partial charge is 0.481 e. The SMILES string of the molecule is CCC(C)(C)C(=O)NC(C)C(C)C(=O)O. The lowest BCUT2D eigenvalue weighted by Crippen LogP contribution is -2.45. The Bertz CT molecular complexity index is 248. The quantitative estimate of drug-likeness (QED) is 0.732. The van der Waals surface area contributed by atoms with Gasteiger partial charge in [0.2, 0.25) is 5.91 Å². The van der Waals surface area contributed by atoms with Crippen molar-refractivity contribution in [2.75, 3.05) is 0 Å². The summed E-state index contributed by atoms with van der Waals surface area (Å²) in [5.74, 6) is -1.55. The van der Waals surface area contributed by atoms with E-state index in [0.29, 0.717) is 0 Å². The maximum absolute atomic E-state index is 11.7. The average Bonchev–Trinajstić information content (AvgIpc) is 2.16. The summed E-state index contributed by atoms with van der Waals surface area (Å²) < 4.78 is 0. The highest BCUT2D eigenvalue weighted by Gasteiger charge is 2.29. The zero-order valence-electron chi connectivity index (χ0n) is 10.1. The minimum absolute atomic E-state index is 0.0920. The van der Waals surface area contributed by atoms with Gasteiger partial charge in [-0.1, -0.05) is 20.8 Å². The number of aliphatic carboxylic acids is 1. The van der Waals surface area contributed by atoms with E-state index >= 15 is 0 Å². The van der Waals surface area contributed by atoms with Crippen molar-refractivity contribution in [3.8, 4) is 0 Å². The van der Waals surface area contributed by atoms with Crippen LogP contribution in [-0.2, 0) is 9.59 Å². The highest BCUT2D eigenvalue weighted by Crippen LogP contribution is 2.20. The van der Waals surface area contributed by atoms with Crippen molar-refractivity contribution in [2.24, 2.45) is 11.3 Å². The molecule has 2 unspecified atom stereocenters. The molecule has 15 heavy (non-hydrogen) atoms. The van der Waals surface area contributed by atoms with Gasteiger partial charge >= 0.3 is 5.97 Å². The molecule has 0 saturated carbocycles. The summed E-state index contributed by atoms with van der Waals surface area (Å²) in [6.07, 6.45) is 0.729. The number of carbonyl (C=O) groups excluding carboxylic acids is 1. The zero-order chi connectivity index (χ0) is 12.2. The number of carboxylic acid groups (broad SMARTS) is 1. The minimum Gasteiger partial charge on any atom is -0.481 e. The Morgan fingerprint density at radius 2 is 1.80 bits per heavy atom. The van der Waals surface area contributed by atoms with E-state index in [1.54, 1.807) is 13.8 Å². The standard InChI is InChI=1S/C11H21NO3/c1-6-11(4,5)10(15)12-8(3)7(2)9(13)14/h7-8H,6H2,1-5H3,(H,12,15)(H,13,14). The second kappa shape index (κ2) is 5.14. The highest BCUT2D eigenvalue weighted by atomic mass is 16.4. The predicted octanol–water partition coefficient (Wildman–Crippen LogP) is 1.65. The minimum atomic E-state index is -0.892. The molecule has 0 aliphatic heterocycles. The van der Waals surface area contributed by atoms with Crippen LogP contribution in [0.5, 0.6) is 0 Å². The molecule has 0 aromatic carbocycles. The Balaban J connectivity index is 4.37. The molecule has 0 aliphatic carbocycles. The molecule has 88 valence electrons. The normalized spacial score (nSPS) is 15.5. The fourth-order valence-corrected chi connectivity index (χ4v) is 0.902. The van der Waals surface area contributed by atoms with Gasteiger partial charge in [0.15, 0.2) is 0 Å². The highest BCUT2D eigenvalue weighted by molar-refractivity contribution is 5.82. The van der Waals surface area contributed by atoms with Crippen molar-refractivity contribution < 1.29 is 14.7 Å². The van der Waals surface area contributed by atoms with Gasteiger partial charge in [-0.25, -0.2) is 0 Å². The van der Waals surface area contributed by atoms with E-state index < -0.39 is 17.3 Å². The van der Waals surface area contributed by atoms with Crippen LogP contribution in [0, 0.1) is 11.3 Å². The lowest BCUT2D eigenvalue weighted by atomic mass is 9.88. The second-order valence-corrected chi connectivity index (χ2v) is 4.63. The molecule has 2 N–H and O–H groups in total. The maximum Gasteiger partial charge on any atom is 0.308 e. The van der Waals surface area contributed by atoms with Gasteiger partial charge in [-0.3, -0.25) is 9.59 Å². The predicted molar refractivity (Wildman–Crippen MR) is 58.5 cm³/mol. The van der Waals surface area contributed by atoms with Crippen molar-refractivity contribution >= 4 is 11.9 Å². The summed E-state index contributed by atoms with van der Waals surface area (Å²) >= 11 is 0. The van der Waals surface area contributed by atoms with E-state index in [1.807, 2.05) is 20.8 Å². The lowest BCUT2D eigenvalue weighted by Gasteiger charge is -2.26. The van der Waals surface area contributed by atoms with Gasteiger partial charge in [0.1, 0.15) is 0 Å². The summed E-state index contributed by atoms with van der Waals surface area (Å²) in [5.41, 5.74) is -0.438. The maximum atomic E-state index is 11.7. The number of carbonyl (C=O) groups is 2. The number of hydrogen-bond acceptors (Lipinski definition) is 2. The summed E-state index contributed by atoms with van der Waals surface area (Å²) in [7, 11) is 0. The summed E-state index contributed by atoms with van der Waals surface area (Å²) in [6, 6.07) is -0.346. The van der Waals surface area contributed by atoms with Crippen LogP contribution in [0.4, 0.5) is 0 Å². The fraction of sp³-hybridized carbons (Fsp3) is 0.818. The van der Waals surface area contributed by atoms with Crippen molar-refractivity contribution in [3.05, 3.63) is 0 Å². The molecule has 0 rings (SSSR count). The Labute approximate surface area is 91.1 Å². The van der Waals surface area contributed by atoms with Crippen LogP contribution in [0.1, 0.15) is 41.0 Å². The van der Waals surface area contributed by atoms with Crippen LogP contribution in [0.25, 0.3) is 0 Å². The van der Waals surface area contributed by atoms with Gasteiger partial charge in [-0.15, -0.1) is 0 Å². The number of rotatable bonds is 5. The molecule has 0 heterocycles. The topological polar surface area (TPSA) is 66.4 Å². The van der Waals surface area contributed by atoms with Crippen LogP contribution >= 0.6 is 0 Å². The Morgan fingerprint density at radius 1 is 1.33 bits per heavy atom. The molecule has 1 amide bonds. The third-order valence-electron chi connectivity index (χ3n) is 3.00. The number of nitrogens with one attached hydrogen (secondary N) is 1. The number of amides is 1. The Hall–Kier alpha value is -1.06. The van der Waals surface area contributed by atoms with E-state index in [1.165, 1.54) is 0 Å². The van der Waals surface area contributed by atoms with Gasteiger partial charge in [-0.05, 0) is 20.3 Å². The molecular formula is C11H21NO3. The molecule has 0 bridgehead atoms. The first-order valence-corrected chi connectivity index (χ1v) is 5.26. The van der Waals surface area contributed by atoms with Crippen LogP contribution in [0.2, 0.25) is 0 Å². The van der Waals surface area contributed by atoms with Gasteiger partial charge in [0, 0.05) is 11.5 Å². The van der Waals surface area contributed by atoms with Crippen LogP contribution in [0.15, 0.2) is 0 Å². The van der Waals surface area contributed by atoms with Crippen molar-refractivity contribution in [1.82, 2.24) is 5.32 Å². The van der Waals surface area contributed by atoms with Crippen molar-refractivity contribution in [1.29, 1.82) is 0 Å². The summed E-state index contributed by atoms with van der Waals surface area (Å²) in [5, 5.41) is 11.5. The van der Waals surface area contributed by atoms with Crippen LogP contribution < -0.4 is 5.32 Å². The van der Waals surface area contributed by atoms with E-state index in [4.69, 9.17) is 5.11 Å². The van der Waals surface area contributed by atoms with Gasteiger partial charge < -0.3 is 10.4 Å². The van der Waals surface area contributed by atoms with Gasteiger partial charge in [0.05, 0.1) is 5.92 Å². The third-order valence-corrected chi connectivity index (χ3v) is 3.00. The summed E-state index contributed by atoms with van der Waals surface area (Å²) in [6.45, 7) is 8.93. The molecule has 0 aromatic heterocycles. The van der Waals surface area contributed by atoms with E-state index in [9.17, 15) is 9.59 Å². The number of carboxylic acids is 1. The van der Waals surface area contributed by atoms with E-state index in [-0.39, 0.29) is 11.9 Å². The monoisotopic (exact) mass is 215 g/mol. The van der Waals surface area contributed by atoms with Crippen LogP contribution in [0.3, 0.4) is 0 Å². The van der Waals surface area contributed by atoms with E-state index in [2.05, 4.69) is 5.32 Å². The molecule has 4 heteroatoms. The number of hydrogen-bond donors (Lipinski definition) is 2. The molecule has 0 aliphatic rings. The Kier molecular flexibility index (Phi) is 4.78. The van der Waals surface area contributed by atoms with Gasteiger partial charge in [-0.2, -0.15) is 0 Å². The fourth-order valence-electron chi connectivity index (χ4n) is 0.902. The lowest BCUT2D eigenvalue weighted by molar-refractivity contribution is -0.142. The van der Waals surface area contributed by atoms with Crippen LogP contribution in [-0.4, -0.2) is 23.0 Å². The van der Waals surface area contributed by atoms with Gasteiger partial charge in [0.25, 0.3) is 0 Å².